The molecular weight excluding hydrogens is 314 g/mol. The highest BCUT2D eigenvalue weighted by atomic mass is 35.5. The van der Waals surface area contributed by atoms with Crippen LogP contribution in [0.2, 0.25) is 0 Å². The lowest BCUT2D eigenvalue weighted by atomic mass is 10.2. The number of benzene rings is 2. The van der Waals surface area contributed by atoms with Crippen molar-refractivity contribution < 1.29 is 14.6 Å². The van der Waals surface area contributed by atoms with Gasteiger partial charge in [-0.25, -0.2) is 0 Å². The van der Waals surface area contributed by atoms with Crippen LogP contribution in [-0.2, 0) is 6.54 Å². The first-order chi connectivity index (χ1) is 10.8. The summed E-state index contributed by atoms with van der Waals surface area (Å²) in [5, 5.41) is 9.29. The van der Waals surface area contributed by atoms with Crippen molar-refractivity contribution in [3.8, 4) is 11.5 Å². The molecule has 0 saturated carbocycles. The number of hydrogen-bond acceptors (Lipinski definition) is 4. The second-order valence-electron chi connectivity index (χ2n) is 5.44. The minimum absolute atomic E-state index is 0. The number of aliphatic hydroxyl groups is 1. The highest BCUT2D eigenvalue weighted by Gasteiger charge is 2.23. The van der Waals surface area contributed by atoms with E-state index in [0.29, 0.717) is 13.2 Å². The van der Waals surface area contributed by atoms with Crippen LogP contribution in [0, 0.1) is 0 Å². The van der Waals surface area contributed by atoms with Crippen LogP contribution in [0.25, 0.3) is 0 Å². The zero-order valence-corrected chi connectivity index (χ0v) is 13.7. The van der Waals surface area contributed by atoms with Gasteiger partial charge >= 0.3 is 0 Å². The first kappa shape index (κ1) is 17.6. The van der Waals surface area contributed by atoms with Crippen LogP contribution in [0.5, 0.6) is 11.5 Å². The first-order valence-corrected chi connectivity index (χ1v) is 7.61. The van der Waals surface area contributed by atoms with Crippen LogP contribution in [0.15, 0.2) is 54.6 Å². The van der Waals surface area contributed by atoms with Crippen molar-refractivity contribution >= 4 is 12.4 Å². The van der Waals surface area contributed by atoms with Crippen molar-refractivity contribution in [1.82, 2.24) is 4.90 Å². The van der Waals surface area contributed by atoms with Gasteiger partial charge in [0.25, 0.3) is 0 Å². The van der Waals surface area contributed by atoms with Gasteiger partial charge in [-0.1, -0.05) is 42.5 Å². The standard InChI is InChI=1S/C18H21NO3.ClH/c20-11-10-19(12-15-6-2-1-3-7-15)13-16-14-21-17-8-4-5-9-18(17)22-16;/h1-9,16,20H,10-14H2;1H. The molecule has 0 spiro atoms. The summed E-state index contributed by atoms with van der Waals surface area (Å²) < 4.78 is 11.7. The molecule has 1 unspecified atom stereocenters. The summed E-state index contributed by atoms with van der Waals surface area (Å²) in [5.41, 5.74) is 1.23. The molecule has 23 heavy (non-hydrogen) atoms. The van der Waals surface area contributed by atoms with E-state index in [1.165, 1.54) is 5.56 Å². The Balaban J connectivity index is 0.00000192. The van der Waals surface area contributed by atoms with Crippen LogP contribution in [0.4, 0.5) is 0 Å². The van der Waals surface area contributed by atoms with Crippen LogP contribution in [0.1, 0.15) is 5.56 Å². The van der Waals surface area contributed by atoms with Crippen molar-refractivity contribution in [3.63, 3.8) is 0 Å². The van der Waals surface area contributed by atoms with Gasteiger partial charge in [-0.15, -0.1) is 12.4 Å². The minimum atomic E-state index is -0.0230. The molecule has 1 N–H and O–H groups in total. The Bertz CT molecular complexity index is 594. The number of nitrogens with zero attached hydrogens (tertiary/aromatic N) is 1. The predicted molar refractivity (Wildman–Crippen MR) is 92.4 cm³/mol. The smallest absolute Gasteiger partial charge is 0.161 e. The lowest BCUT2D eigenvalue weighted by Gasteiger charge is -2.31. The fourth-order valence-electron chi connectivity index (χ4n) is 2.66. The van der Waals surface area contributed by atoms with Gasteiger partial charge in [-0.05, 0) is 17.7 Å². The number of para-hydroxylation sites is 2. The van der Waals surface area contributed by atoms with Crippen molar-refractivity contribution in [2.75, 3.05) is 26.3 Å². The Morgan fingerprint density at radius 3 is 2.43 bits per heavy atom. The van der Waals surface area contributed by atoms with Gasteiger partial charge in [-0.3, -0.25) is 4.90 Å². The largest absolute Gasteiger partial charge is 0.486 e. The van der Waals surface area contributed by atoms with Gasteiger partial charge in [-0.2, -0.15) is 0 Å². The topological polar surface area (TPSA) is 41.9 Å². The molecule has 0 radical (unpaired) electrons. The molecule has 2 aromatic rings. The Morgan fingerprint density at radius 1 is 1.00 bits per heavy atom. The summed E-state index contributed by atoms with van der Waals surface area (Å²) in [4.78, 5) is 2.19. The van der Waals surface area contributed by atoms with Gasteiger partial charge in [0.05, 0.1) is 6.61 Å². The quantitative estimate of drug-likeness (QED) is 0.881. The molecule has 0 amide bonds. The van der Waals surface area contributed by atoms with Crippen LogP contribution in [-0.4, -0.2) is 42.4 Å². The van der Waals surface area contributed by atoms with E-state index in [1.807, 2.05) is 42.5 Å². The van der Waals surface area contributed by atoms with E-state index < -0.39 is 0 Å². The van der Waals surface area contributed by atoms with E-state index in [-0.39, 0.29) is 25.1 Å². The number of ether oxygens (including phenoxy) is 2. The lowest BCUT2D eigenvalue weighted by molar-refractivity contribution is 0.0511. The zero-order chi connectivity index (χ0) is 15.2. The van der Waals surface area contributed by atoms with E-state index in [9.17, 15) is 5.11 Å². The molecule has 1 heterocycles. The van der Waals surface area contributed by atoms with Gasteiger partial charge in [0.1, 0.15) is 12.7 Å². The second kappa shape index (κ2) is 8.77. The maximum absolute atomic E-state index is 9.29. The molecule has 3 rings (SSSR count). The fourth-order valence-corrected chi connectivity index (χ4v) is 2.66. The normalized spacial score (nSPS) is 16.0. The molecular formula is C18H22ClNO3. The maximum Gasteiger partial charge on any atom is 0.161 e. The monoisotopic (exact) mass is 335 g/mol. The summed E-state index contributed by atoms with van der Waals surface area (Å²) >= 11 is 0. The molecule has 1 aliphatic heterocycles. The number of fused-ring (bicyclic) bond motifs is 1. The van der Waals surface area contributed by atoms with E-state index >= 15 is 0 Å². The molecule has 1 atom stereocenters. The molecule has 0 bridgehead atoms. The highest BCUT2D eigenvalue weighted by Crippen LogP contribution is 2.31. The Labute approximate surface area is 143 Å². The van der Waals surface area contributed by atoms with E-state index in [0.717, 1.165) is 24.6 Å². The zero-order valence-electron chi connectivity index (χ0n) is 12.9. The van der Waals surface area contributed by atoms with E-state index in [1.54, 1.807) is 0 Å². The molecule has 2 aromatic carbocycles. The van der Waals surface area contributed by atoms with Gasteiger partial charge in [0, 0.05) is 19.6 Å². The van der Waals surface area contributed by atoms with Crippen molar-refractivity contribution in [1.29, 1.82) is 0 Å². The molecule has 1 aliphatic rings. The fraction of sp³-hybridized carbons (Fsp3) is 0.333. The molecule has 0 aromatic heterocycles. The number of aliphatic hydroxyl groups excluding tert-OH is 1. The molecule has 0 fully saturated rings. The summed E-state index contributed by atoms with van der Waals surface area (Å²) in [5.74, 6) is 1.60. The summed E-state index contributed by atoms with van der Waals surface area (Å²) in [7, 11) is 0. The minimum Gasteiger partial charge on any atom is -0.486 e. The number of rotatable bonds is 6. The van der Waals surface area contributed by atoms with E-state index in [2.05, 4.69) is 17.0 Å². The van der Waals surface area contributed by atoms with Crippen LogP contribution < -0.4 is 9.47 Å². The van der Waals surface area contributed by atoms with E-state index in [4.69, 9.17) is 9.47 Å². The Kier molecular flexibility index (Phi) is 6.71. The third kappa shape index (κ3) is 4.86. The third-order valence-corrected chi connectivity index (χ3v) is 3.69. The maximum atomic E-state index is 9.29. The van der Waals surface area contributed by atoms with Crippen LogP contribution in [0.3, 0.4) is 0 Å². The van der Waals surface area contributed by atoms with Crippen molar-refractivity contribution in [2.24, 2.45) is 0 Å². The van der Waals surface area contributed by atoms with Crippen molar-refractivity contribution in [3.05, 3.63) is 60.2 Å². The average Bonchev–Trinajstić information content (AvgIpc) is 2.56. The third-order valence-electron chi connectivity index (χ3n) is 3.69. The second-order valence-corrected chi connectivity index (χ2v) is 5.44. The van der Waals surface area contributed by atoms with Gasteiger partial charge in [0.15, 0.2) is 11.5 Å². The van der Waals surface area contributed by atoms with Gasteiger partial charge < -0.3 is 14.6 Å². The molecule has 5 heteroatoms. The lowest BCUT2D eigenvalue weighted by Crippen LogP contribution is -2.41. The SMILES string of the molecule is Cl.OCCN(Cc1ccccc1)CC1COc2ccccc2O1. The summed E-state index contributed by atoms with van der Waals surface area (Å²) in [6.07, 6.45) is -0.0230. The first-order valence-electron chi connectivity index (χ1n) is 7.61. The average molecular weight is 336 g/mol. The summed E-state index contributed by atoms with van der Waals surface area (Å²) in [6, 6.07) is 18.0. The molecule has 124 valence electrons. The van der Waals surface area contributed by atoms with Crippen LogP contribution >= 0.6 is 12.4 Å². The van der Waals surface area contributed by atoms with Gasteiger partial charge in [0.2, 0.25) is 0 Å². The van der Waals surface area contributed by atoms with Crippen molar-refractivity contribution in [2.45, 2.75) is 12.6 Å². The Hall–Kier alpha value is -1.75. The summed E-state index contributed by atoms with van der Waals surface area (Å²) in [6.45, 7) is 2.81. The molecule has 0 saturated heterocycles. The molecule has 0 aliphatic carbocycles. The Morgan fingerprint density at radius 2 is 1.70 bits per heavy atom. The number of halogens is 1. The predicted octanol–water partition coefficient (Wildman–Crippen LogP) is 2.74. The highest BCUT2D eigenvalue weighted by molar-refractivity contribution is 5.85. The number of hydrogen-bond donors (Lipinski definition) is 1. The molecule has 4 nitrogen and oxygen atoms in total.